The lowest BCUT2D eigenvalue weighted by molar-refractivity contribution is -0.473. The van der Waals surface area contributed by atoms with Gasteiger partial charge in [0, 0.05) is 14.2 Å². The van der Waals surface area contributed by atoms with E-state index in [9.17, 15) is 0 Å². The highest BCUT2D eigenvalue weighted by molar-refractivity contribution is 5.16. The van der Waals surface area contributed by atoms with Gasteiger partial charge in [0.2, 0.25) is 11.6 Å². The normalized spacial score (nSPS) is 37.2. The average molecular weight is 527 g/mol. The Morgan fingerprint density at radius 1 is 0.684 bits per heavy atom. The van der Waals surface area contributed by atoms with Crippen molar-refractivity contribution in [2.75, 3.05) is 27.4 Å². The van der Waals surface area contributed by atoms with E-state index in [1.54, 1.807) is 28.1 Å². The molecule has 38 heavy (non-hydrogen) atoms. The molecule has 3 aliphatic rings. The third kappa shape index (κ3) is 5.33. The zero-order valence-corrected chi connectivity index (χ0v) is 22.5. The van der Waals surface area contributed by atoms with E-state index >= 15 is 0 Å². The Hall–Kier alpha value is -2.14. The summed E-state index contributed by atoms with van der Waals surface area (Å²) in [6.45, 7) is 9.15. The molecule has 2 aromatic carbocycles. The molecule has 0 amide bonds. The van der Waals surface area contributed by atoms with Crippen LogP contribution in [0.5, 0.6) is 0 Å². The number of methoxy groups -OCH3 is 2. The van der Waals surface area contributed by atoms with Gasteiger partial charge in [-0.3, -0.25) is 0 Å². The van der Waals surface area contributed by atoms with Crippen LogP contribution in [0.1, 0.15) is 25.0 Å². The predicted octanol–water partition coefficient (Wildman–Crippen LogP) is 4.02. The summed E-state index contributed by atoms with van der Waals surface area (Å²) in [5.74, 6) is -2.44. The molecule has 0 N–H and O–H groups in total. The molecule has 2 saturated heterocycles. The first-order valence-electron chi connectivity index (χ1n) is 13.0. The lowest BCUT2D eigenvalue weighted by Crippen LogP contribution is -2.75. The molecular formula is C30H38O8. The fourth-order valence-corrected chi connectivity index (χ4v) is 5.35. The number of rotatable bonds is 8. The zero-order valence-electron chi connectivity index (χ0n) is 22.5. The van der Waals surface area contributed by atoms with E-state index in [2.05, 4.69) is 6.58 Å². The van der Waals surface area contributed by atoms with E-state index in [0.717, 1.165) is 16.7 Å². The summed E-state index contributed by atoms with van der Waals surface area (Å²) in [4.78, 5) is 0. The monoisotopic (exact) mass is 526 g/mol. The van der Waals surface area contributed by atoms with Gasteiger partial charge in [-0.2, -0.15) is 0 Å². The molecule has 2 aliphatic heterocycles. The van der Waals surface area contributed by atoms with Crippen LogP contribution in [0, 0.1) is 0 Å². The Morgan fingerprint density at radius 2 is 1.08 bits per heavy atom. The van der Waals surface area contributed by atoms with Crippen molar-refractivity contribution in [2.45, 2.75) is 75.3 Å². The van der Waals surface area contributed by atoms with Crippen LogP contribution in [0.15, 0.2) is 72.8 Å². The van der Waals surface area contributed by atoms with Crippen molar-refractivity contribution in [2.24, 2.45) is 0 Å². The Labute approximate surface area is 224 Å². The van der Waals surface area contributed by atoms with Crippen LogP contribution in [0.4, 0.5) is 0 Å². The molecular weight excluding hydrogens is 488 g/mol. The number of fused-ring (bicyclic) bond motifs is 2. The first-order chi connectivity index (χ1) is 18.4. The molecule has 5 rings (SSSR count). The standard InChI is InChI=1S/C30H38O8/c1-20-16-33-23-24(34-17-20)26(36-19-22-14-10-7-11-15-22)28-27(25(23)35-18-21-12-8-6-9-13-21)37-29(2,31-4)30(3,32-5)38-28/h6-15,23-28H,1,16-19H2,2-5H3/t23-,24+,25-,26-,27+,28+,29-,30-/m0/s1. The maximum Gasteiger partial charge on any atom is 0.220 e. The van der Waals surface area contributed by atoms with Crippen molar-refractivity contribution in [3.05, 3.63) is 83.9 Å². The summed E-state index contributed by atoms with van der Waals surface area (Å²) in [6, 6.07) is 20.0. The van der Waals surface area contributed by atoms with E-state index < -0.39 is 48.2 Å². The molecule has 2 heterocycles. The van der Waals surface area contributed by atoms with Crippen molar-refractivity contribution in [1.82, 2.24) is 0 Å². The van der Waals surface area contributed by atoms with E-state index in [0.29, 0.717) is 26.4 Å². The first-order valence-corrected chi connectivity index (χ1v) is 13.0. The van der Waals surface area contributed by atoms with Gasteiger partial charge in [-0.05, 0) is 30.5 Å². The maximum absolute atomic E-state index is 6.70. The zero-order chi connectivity index (χ0) is 26.8. The van der Waals surface area contributed by atoms with Gasteiger partial charge in [0.25, 0.3) is 0 Å². The first kappa shape index (κ1) is 27.4. The molecule has 0 radical (unpaired) electrons. The highest BCUT2D eigenvalue weighted by Gasteiger charge is 2.65. The van der Waals surface area contributed by atoms with Crippen LogP contribution in [0.3, 0.4) is 0 Å². The SMILES string of the molecule is C=C1CO[C@@H]2[C@H](OC1)[C@H](OCc1ccccc1)[C@H]1O[C@](C)(OC)[C@@](C)(OC)O[C@@H]1[C@H]2OCc1ccccc1. The van der Waals surface area contributed by atoms with Crippen molar-refractivity contribution < 1.29 is 37.9 Å². The number of benzene rings is 2. The molecule has 3 fully saturated rings. The lowest BCUT2D eigenvalue weighted by Gasteiger charge is -2.58. The molecule has 0 aromatic heterocycles. The molecule has 1 saturated carbocycles. The minimum atomic E-state index is -1.22. The van der Waals surface area contributed by atoms with Gasteiger partial charge < -0.3 is 37.9 Å². The highest BCUT2D eigenvalue weighted by Crippen LogP contribution is 2.46. The molecule has 8 atom stereocenters. The molecule has 206 valence electrons. The fourth-order valence-electron chi connectivity index (χ4n) is 5.35. The molecule has 2 aromatic rings. The minimum absolute atomic E-state index is 0.355. The predicted molar refractivity (Wildman–Crippen MR) is 139 cm³/mol. The second-order valence-corrected chi connectivity index (χ2v) is 10.3. The fraction of sp³-hybridized carbons (Fsp3) is 0.533. The van der Waals surface area contributed by atoms with E-state index in [1.807, 2.05) is 60.7 Å². The molecule has 8 nitrogen and oxygen atoms in total. The minimum Gasteiger partial charge on any atom is -0.368 e. The summed E-state index contributed by atoms with van der Waals surface area (Å²) in [5, 5.41) is 0. The van der Waals surface area contributed by atoms with Gasteiger partial charge in [-0.15, -0.1) is 0 Å². The van der Waals surface area contributed by atoms with Crippen LogP contribution in [0.2, 0.25) is 0 Å². The summed E-state index contributed by atoms with van der Waals surface area (Å²) in [5.41, 5.74) is 2.92. The average Bonchev–Trinajstić information content (AvgIpc) is 3.14. The van der Waals surface area contributed by atoms with Crippen LogP contribution >= 0.6 is 0 Å². The molecule has 0 spiro atoms. The van der Waals surface area contributed by atoms with Gasteiger partial charge in [-0.25, -0.2) is 0 Å². The summed E-state index contributed by atoms with van der Waals surface area (Å²) in [6.07, 6.45) is -3.24. The van der Waals surface area contributed by atoms with Crippen molar-refractivity contribution in [3.8, 4) is 0 Å². The Balaban J connectivity index is 1.51. The smallest absolute Gasteiger partial charge is 0.220 e. The van der Waals surface area contributed by atoms with E-state index in [4.69, 9.17) is 37.9 Å². The van der Waals surface area contributed by atoms with Gasteiger partial charge in [-0.1, -0.05) is 67.2 Å². The highest BCUT2D eigenvalue weighted by atomic mass is 16.8. The summed E-state index contributed by atoms with van der Waals surface area (Å²) >= 11 is 0. The van der Waals surface area contributed by atoms with Gasteiger partial charge in [0.1, 0.15) is 36.6 Å². The molecule has 0 bridgehead atoms. The van der Waals surface area contributed by atoms with Crippen molar-refractivity contribution in [3.63, 3.8) is 0 Å². The quantitative estimate of drug-likeness (QED) is 0.478. The summed E-state index contributed by atoms with van der Waals surface area (Å²) < 4.78 is 51.0. The van der Waals surface area contributed by atoms with Crippen LogP contribution in [-0.2, 0) is 51.1 Å². The second-order valence-electron chi connectivity index (χ2n) is 10.3. The topological polar surface area (TPSA) is 73.8 Å². The number of hydrogen-bond acceptors (Lipinski definition) is 8. The number of ether oxygens (including phenoxy) is 8. The molecule has 1 aliphatic carbocycles. The molecule has 0 unspecified atom stereocenters. The summed E-state index contributed by atoms with van der Waals surface area (Å²) in [7, 11) is 3.15. The Bertz CT molecular complexity index is 981. The Morgan fingerprint density at radius 3 is 1.45 bits per heavy atom. The third-order valence-electron chi connectivity index (χ3n) is 7.80. The van der Waals surface area contributed by atoms with Gasteiger partial charge in [0.15, 0.2) is 0 Å². The third-order valence-corrected chi connectivity index (χ3v) is 7.80. The van der Waals surface area contributed by atoms with Crippen LogP contribution in [0.25, 0.3) is 0 Å². The Kier molecular flexibility index (Phi) is 8.33. The van der Waals surface area contributed by atoms with Gasteiger partial charge in [0.05, 0.1) is 26.4 Å². The maximum atomic E-state index is 6.70. The largest absolute Gasteiger partial charge is 0.368 e. The number of hydrogen-bond donors (Lipinski definition) is 0. The van der Waals surface area contributed by atoms with Crippen LogP contribution < -0.4 is 0 Å². The van der Waals surface area contributed by atoms with E-state index in [1.165, 1.54) is 0 Å². The van der Waals surface area contributed by atoms with E-state index in [-0.39, 0.29) is 0 Å². The lowest BCUT2D eigenvalue weighted by atomic mass is 9.82. The van der Waals surface area contributed by atoms with Crippen LogP contribution in [-0.4, -0.2) is 75.6 Å². The van der Waals surface area contributed by atoms with Crippen molar-refractivity contribution in [1.29, 1.82) is 0 Å². The van der Waals surface area contributed by atoms with Gasteiger partial charge >= 0.3 is 0 Å². The van der Waals surface area contributed by atoms with Crippen molar-refractivity contribution >= 4 is 0 Å². The molecule has 8 heteroatoms. The second kappa shape index (κ2) is 11.5.